The molecule has 128 valence electrons. The molecule has 0 spiro atoms. The second-order valence-corrected chi connectivity index (χ2v) is 5.50. The van der Waals surface area contributed by atoms with Crippen molar-refractivity contribution < 1.29 is 19.4 Å². The van der Waals surface area contributed by atoms with Crippen LogP contribution in [-0.4, -0.2) is 23.7 Å². The van der Waals surface area contributed by atoms with Crippen molar-refractivity contribution in [1.82, 2.24) is 5.32 Å². The normalized spacial score (nSPS) is 9.64. The molecule has 2 aromatic rings. The third-order valence-electron chi connectivity index (χ3n) is 3.15. The largest absolute Gasteiger partial charge is 0.481 e. The number of carbonyl (C=O) groups is 2. The van der Waals surface area contributed by atoms with Crippen LogP contribution in [0.3, 0.4) is 0 Å². The Balaban J connectivity index is 1.82. The molecule has 0 saturated heterocycles. The van der Waals surface area contributed by atoms with Gasteiger partial charge in [-0.05, 0) is 29.3 Å². The maximum Gasteiger partial charge on any atom is 0.408 e. The molecule has 2 rings (SSSR count). The van der Waals surface area contributed by atoms with Crippen molar-refractivity contribution in [3.8, 4) is 11.8 Å². The van der Waals surface area contributed by atoms with Crippen LogP contribution in [0.15, 0.2) is 48.5 Å². The first-order valence-corrected chi connectivity index (χ1v) is 7.86. The van der Waals surface area contributed by atoms with Crippen LogP contribution >= 0.6 is 11.6 Å². The third-order valence-corrected chi connectivity index (χ3v) is 3.52. The van der Waals surface area contributed by atoms with Crippen molar-refractivity contribution in [3.63, 3.8) is 0 Å². The molecule has 2 N–H and O–H groups in total. The molecular weight excluding hydrogens is 342 g/mol. The number of aliphatic carboxylic acids is 1. The summed E-state index contributed by atoms with van der Waals surface area (Å²) in [7, 11) is 0. The quantitative estimate of drug-likeness (QED) is 0.805. The highest BCUT2D eigenvalue weighted by atomic mass is 35.5. The lowest BCUT2D eigenvalue weighted by Crippen LogP contribution is -2.24. The van der Waals surface area contributed by atoms with Gasteiger partial charge in [-0.3, -0.25) is 4.79 Å². The summed E-state index contributed by atoms with van der Waals surface area (Å²) >= 11 is 5.94. The molecular formula is C19H16ClNO4. The van der Waals surface area contributed by atoms with E-state index in [2.05, 4.69) is 17.2 Å². The number of carbonyl (C=O) groups excluding carboxylic acids is 1. The summed E-state index contributed by atoms with van der Waals surface area (Å²) in [5, 5.41) is 11.7. The van der Waals surface area contributed by atoms with Gasteiger partial charge in [-0.2, -0.15) is 0 Å². The average molecular weight is 358 g/mol. The number of hydrogen-bond acceptors (Lipinski definition) is 3. The summed E-state index contributed by atoms with van der Waals surface area (Å²) in [5.74, 6) is 4.66. The number of carboxylic acid groups (broad SMARTS) is 1. The minimum absolute atomic E-state index is 0.116. The van der Waals surface area contributed by atoms with Crippen LogP contribution in [0.2, 0.25) is 5.02 Å². The Morgan fingerprint density at radius 1 is 1.16 bits per heavy atom. The zero-order valence-electron chi connectivity index (χ0n) is 13.3. The molecule has 0 radical (unpaired) electrons. The Hall–Kier alpha value is -2.97. The van der Waals surface area contributed by atoms with E-state index in [1.54, 1.807) is 18.2 Å². The van der Waals surface area contributed by atoms with E-state index in [1.807, 2.05) is 30.3 Å². The van der Waals surface area contributed by atoms with Crippen molar-refractivity contribution in [2.45, 2.75) is 13.0 Å². The molecule has 0 aliphatic heterocycles. The SMILES string of the molecule is O=C(O)Cc1cc(C#CCNC(=O)OCc2ccccc2)ccc1Cl. The number of halogens is 1. The summed E-state index contributed by atoms with van der Waals surface area (Å²) in [5.41, 5.74) is 2.02. The van der Waals surface area contributed by atoms with Gasteiger partial charge in [0.2, 0.25) is 0 Å². The van der Waals surface area contributed by atoms with Crippen LogP contribution in [-0.2, 0) is 22.6 Å². The van der Waals surface area contributed by atoms with Crippen molar-refractivity contribution in [3.05, 3.63) is 70.2 Å². The van der Waals surface area contributed by atoms with Crippen molar-refractivity contribution in [1.29, 1.82) is 0 Å². The van der Waals surface area contributed by atoms with Gasteiger partial charge in [-0.25, -0.2) is 4.79 Å². The molecule has 0 atom stereocenters. The van der Waals surface area contributed by atoms with Gasteiger partial charge in [0.15, 0.2) is 0 Å². The standard InChI is InChI=1S/C19H16ClNO4/c20-17-9-8-14(11-16(17)12-18(22)23)7-4-10-21-19(24)25-13-15-5-2-1-3-6-15/h1-3,5-6,8-9,11H,10,12-13H2,(H,21,24)(H,22,23). The van der Waals surface area contributed by atoms with E-state index in [9.17, 15) is 9.59 Å². The molecule has 25 heavy (non-hydrogen) atoms. The van der Waals surface area contributed by atoms with E-state index in [0.29, 0.717) is 16.1 Å². The first kappa shape index (κ1) is 18.4. The van der Waals surface area contributed by atoms with Crippen LogP contribution in [0.4, 0.5) is 4.79 Å². The van der Waals surface area contributed by atoms with Crippen molar-refractivity contribution in [2.75, 3.05) is 6.54 Å². The smallest absolute Gasteiger partial charge is 0.408 e. The molecule has 0 unspecified atom stereocenters. The lowest BCUT2D eigenvalue weighted by Gasteiger charge is -2.04. The molecule has 2 aromatic carbocycles. The summed E-state index contributed by atoms with van der Waals surface area (Å²) < 4.78 is 5.06. The minimum Gasteiger partial charge on any atom is -0.481 e. The fourth-order valence-corrected chi connectivity index (χ4v) is 2.17. The number of carboxylic acids is 1. The van der Waals surface area contributed by atoms with E-state index in [0.717, 1.165) is 5.56 Å². The molecule has 0 aromatic heterocycles. The molecule has 0 bridgehead atoms. The summed E-state index contributed by atoms with van der Waals surface area (Å²) in [6.45, 7) is 0.306. The van der Waals surface area contributed by atoms with Crippen LogP contribution in [0, 0.1) is 11.8 Å². The third kappa shape index (κ3) is 6.58. The lowest BCUT2D eigenvalue weighted by atomic mass is 10.1. The second kappa shape index (κ2) is 9.36. The number of rotatable bonds is 5. The first-order valence-electron chi connectivity index (χ1n) is 7.48. The molecule has 5 nitrogen and oxygen atoms in total. The van der Waals surface area contributed by atoms with Gasteiger partial charge in [0.1, 0.15) is 6.61 Å². The second-order valence-electron chi connectivity index (χ2n) is 5.09. The van der Waals surface area contributed by atoms with Gasteiger partial charge in [0, 0.05) is 10.6 Å². The van der Waals surface area contributed by atoms with Crippen LogP contribution in [0.1, 0.15) is 16.7 Å². The van der Waals surface area contributed by atoms with E-state index >= 15 is 0 Å². The highest BCUT2D eigenvalue weighted by molar-refractivity contribution is 6.31. The Bertz CT molecular complexity index is 809. The topological polar surface area (TPSA) is 75.6 Å². The molecule has 0 saturated carbocycles. The first-order chi connectivity index (χ1) is 12.0. The lowest BCUT2D eigenvalue weighted by molar-refractivity contribution is -0.136. The van der Waals surface area contributed by atoms with Crippen LogP contribution in [0.5, 0.6) is 0 Å². The predicted molar refractivity (Wildman–Crippen MR) is 94.3 cm³/mol. The number of ether oxygens (including phenoxy) is 1. The zero-order valence-corrected chi connectivity index (χ0v) is 14.0. The monoisotopic (exact) mass is 357 g/mol. The average Bonchev–Trinajstić information content (AvgIpc) is 2.60. The van der Waals surface area contributed by atoms with E-state index < -0.39 is 12.1 Å². The number of nitrogens with one attached hydrogen (secondary N) is 1. The Kier molecular flexibility index (Phi) is 6.87. The molecule has 0 heterocycles. The van der Waals surface area contributed by atoms with E-state index in [-0.39, 0.29) is 19.6 Å². The highest BCUT2D eigenvalue weighted by Gasteiger charge is 2.06. The van der Waals surface area contributed by atoms with Crippen LogP contribution in [0.25, 0.3) is 0 Å². The molecule has 6 heteroatoms. The van der Waals surface area contributed by atoms with Gasteiger partial charge in [0.05, 0.1) is 13.0 Å². The maximum absolute atomic E-state index is 11.6. The highest BCUT2D eigenvalue weighted by Crippen LogP contribution is 2.17. The zero-order chi connectivity index (χ0) is 18.1. The fraction of sp³-hybridized carbons (Fsp3) is 0.158. The van der Waals surface area contributed by atoms with Gasteiger partial charge >= 0.3 is 12.1 Å². The van der Waals surface area contributed by atoms with Gasteiger partial charge in [0.25, 0.3) is 0 Å². The summed E-state index contributed by atoms with van der Waals surface area (Å²) in [4.78, 5) is 22.3. The number of amides is 1. The van der Waals surface area contributed by atoms with E-state index in [4.69, 9.17) is 21.4 Å². The van der Waals surface area contributed by atoms with E-state index in [1.165, 1.54) is 0 Å². The van der Waals surface area contributed by atoms with Crippen molar-refractivity contribution in [2.24, 2.45) is 0 Å². The molecule has 0 aliphatic rings. The Labute approximate surface area is 150 Å². The predicted octanol–water partition coefficient (Wildman–Crippen LogP) is 3.25. The summed E-state index contributed by atoms with van der Waals surface area (Å²) in [6, 6.07) is 14.3. The minimum atomic E-state index is -0.963. The Morgan fingerprint density at radius 3 is 2.64 bits per heavy atom. The van der Waals surface area contributed by atoms with Gasteiger partial charge in [-0.15, -0.1) is 0 Å². The molecule has 0 fully saturated rings. The number of hydrogen-bond donors (Lipinski definition) is 2. The molecule has 0 aliphatic carbocycles. The maximum atomic E-state index is 11.6. The molecule has 1 amide bonds. The van der Waals surface area contributed by atoms with Gasteiger partial charge < -0.3 is 15.2 Å². The van der Waals surface area contributed by atoms with Crippen molar-refractivity contribution >= 4 is 23.7 Å². The number of alkyl carbamates (subject to hydrolysis) is 1. The van der Waals surface area contributed by atoms with Crippen LogP contribution < -0.4 is 5.32 Å². The fourth-order valence-electron chi connectivity index (χ4n) is 1.99. The van der Waals surface area contributed by atoms with Gasteiger partial charge in [-0.1, -0.05) is 53.8 Å². The summed E-state index contributed by atoms with van der Waals surface area (Å²) in [6.07, 6.45) is -0.723. The number of benzene rings is 2. The Morgan fingerprint density at radius 2 is 1.92 bits per heavy atom.